The van der Waals surface area contributed by atoms with Gasteiger partial charge in [-0.3, -0.25) is 24.5 Å². The van der Waals surface area contributed by atoms with Gasteiger partial charge < -0.3 is 35.0 Å². The van der Waals surface area contributed by atoms with E-state index in [0.29, 0.717) is 47.4 Å². The van der Waals surface area contributed by atoms with Crippen molar-refractivity contribution in [2.75, 3.05) is 66.9 Å². The Morgan fingerprint density at radius 1 is 0.931 bits per heavy atom. The number of amides is 4. The summed E-state index contributed by atoms with van der Waals surface area (Å²) in [6.07, 6.45) is 12.4. The van der Waals surface area contributed by atoms with Gasteiger partial charge in [0.15, 0.2) is 5.82 Å². The minimum absolute atomic E-state index is 0.0454. The van der Waals surface area contributed by atoms with Gasteiger partial charge in [-0.1, -0.05) is 25.0 Å². The fourth-order valence-corrected chi connectivity index (χ4v) is 9.63. The van der Waals surface area contributed by atoms with Crippen molar-refractivity contribution in [3.8, 4) is 5.75 Å². The Morgan fingerprint density at radius 2 is 1.67 bits per heavy atom. The summed E-state index contributed by atoms with van der Waals surface area (Å²) in [7, 11) is 3.37. The zero-order chi connectivity index (χ0) is 40.3. The second-order valence-corrected chi connectivity index (χ2v) is 16.8. The van der Waals surface area contributed by atoms with Crippen LogP contribution in [0.4, 0.5) is 28.8 Å². The number of carbonyl (C=O) groups is 4. The second kappa shape index (κ2) is 17.3. The van der Waals surface area contributed by atoms with Crippen molar-refractivity contribution in [2.24, 2.45) is 5.92 Å². The summed E-state index contributed by atoms with van der Waals surface area (Å²) in [6.45, 7) is 7.03. The molecule has 1 aromatic heterocycles. The predicted octanol–water partition coefficient (Wildman–Crippen LogP) is 5.36. The van der Waals surface area contributed by atoms with E-state index in [1.807, 2.05) is 25.1 Å². The summed E-state index contributed by atoms with van der Waals surface area (Å²) in [4.78, 5) is 68.6. The third kappa shape index (κ3) is 8.48. The van der Waals surface area contributed by atoms with E-state index in [-0.39, 0.29) is 47.7 Å². The summed E-state index contributed by atoms with van der Waals surface area (Å²) in [5.74, 6) is 1.70. The minimum atomic E-state index is -0.300. The number of piperidine rings is 3. The third-order valence-electron chi connectivity index (χ3n) is 13.2. The molecule has 4 amide bonds. The molecular weight excluding hydrogens is 735 g/mol. The number of anilines is 5. The Hall–Kier alpha value is -5.24. The zero-order valence-corrected chi connectivity index (χ0v) is 34.0. The molecule has 308 valence electrons. The molecule has 1 aliphatic carbocycles. The lowest BCUT2D eigenvalue weighted by Gasteiger charge is -2.42. The van der Waals surface area contributed by atoms with E-state index in [0.717, 1.165) is 95.5 Å². The number of methoxy groups -OCH3 is 1. The van der Waals surface area contributed by atoms with Crippen LogP contribution in [-0.4, -0.2) is 104 Å². The van der Waals surface area contributed by atoms with Crippen LogP contribution in [0.5, 0.6) is 5.75 Å². The molecule has 5 aliphatic rings. The lowest BCUT2D eigenvalue weighted by molar-refractivity contribution is -0.134. The monoisotopic (exact) mass is 791 g/mol. The van der Waals surface area contributed by atoms with Crippen LogP contribution in [0.3, 0.4) is 0 Å². The number of fused-ring (bicyclic) bond motifs is 1. The average Bonchev–Trinajstić information content (AvgIpc) is 3.78. The maximum absolute atomic E-state index is 13.4. The normalized spacial score (nSPS) is 22.5. The molecule has 2 atom stereocenters. The van der Waals surface area contributed by atoms with Crippen molar-refractivity contribution in [1.29, 1.82) is 0 Å². The molecule has 0 spiro atoms. The SMILES string of the molecule is COc1cc(C(=O)NC2CCN(CCC3CCN(c4ccc(C5CCC(=O)NC5=O)cc4)CC3)CC2)ccc1Nc1ncc2c(n1)N(C1CCCC1)[C@H](C)C(=O)N2C. The molecule has 0 bridgehead atoms. The number of nitrogens with one attached hydrogen (secondary N) is 3. The zero-order valence-electron chi connectivity index (χ0n) is 34.0. The van der Waals surface area contributed by atoms with Crippen molar-refractivity contribution in [3.05, 3.63) is 59.8 Å². The maximum Gasteiger partial charge on any atom is 0.251 e. The topological polar surface area (TPSA) is 152 Å². The van der Waals surface area contributed by atoms with Gasteiger partial charge in [0.05, 0.1) is 24.9 Å². The quantitative estimate of drug-likeness (QED) is 0.215. The predicted molar refractivity (Wildman–Crippen MR) is 224 cm³/mol. The molecule has 4 aliphatic heterocycles. The van der Waals surface area contributed by atoms with Gasteiger partial charge in [-0.05, 0) is 107 Å². The molecule has 5 heterocycles. The molecule has 8 rings (SSSR count). The van der Waals surface area contributed by atoms with Gasteiger partial charge in [-0.2, -0.15) is 4.98 Å². The van der Waals surface area contributed by atoms with Crippen LogP contribution in [0.25, 0.3) is 0 Å². The van der Waals surface area contributed by atoms with E-state index in [1.54, 1.807) is 37.4 Å². The fourth-order valence-electron chi connectivity index (χ4n) is 9.63. The van der Waals surface area contributed by atoms with Crippen LogP contribution in [0, 0.1) is 5.92 Å². The summed E-state index contributed by atoms with van der Waals surface area (Å²) in [5, 5.41) is 9.03. The first-order chi connectivity index (χ1) is 28.1. The molecule has 1 saturated carbocycles. The third-order valence-corrected chi connectivity index (χ3v) is 13.2. The highest BCUT2D eigenvalue weighted by Gasteiger charge is 2.40. The minimum Gasteiger partial charge on any atom is -0.495 e. The molecule has 0 radical (unpaired) electrons. The Kier molecular flexibility index (Phi) is 11.8. The van der Waals surface area contributed by atoms with Crippen molar-refractivity contribution in [3.63, 3.8) is 0 Å². The van der Waals surface area contributed by atoms with Crippen molar-refractivity contribution in [1.82, 2.24) is 25.5 Å². The molecule has 3 saturated heterocycles. The lowest BCUT2D eigenvalue weighted by Crippen LogP contribution is -2.54. The van der Waals surface area contributed by atoms with Crippen LogP contribution in [0.1, 0.15) is 99.4 Å². The van der Waals surface area contributed by atoms with Crippen LogP contribution < -0.4 is 35.4 Å². The van der Waals surface area contributed by atoms with Crippen molar-refractivity contribution in [2.45, 2.75) is 102 Å². The number of aromatic nitrogens is 2. The van der Waals surface area contributed by atoms with E-state index >= 15 is 0 Å². The molecule has 1 unspecified atom stereocenters. The highest BCUT2D eigenvalue weighted by Crippen LogP contribution is 2.40. The van der Waals surface area contributed by atoms with E-state index in [9.17, 15) is 19.2 Å². The highest BCUT2D eigenvalue weighted by atomic mass is 16.5. The first kappa shape index (κ1) is 39.6. The number of hydrogen-bond donors (Lipinski definition) is 3. The summed E-state index contributed by atoms with van der Waals surface area (Å²) in [5.41, 5.74) is 4.06. The van der Waals surface area contributed by atoms with E-state index in [4.69, 9.17) is 9.72 Å². The van der Waals surface area contributed by atoms with Crippen LogP contribution in [0.15, 0.2) is 48.7 Å². The van der Waals surface area contributed by atoms with Gasteiger partial charge in [0.1, 0.15) is 17.5 Å². The summed E-state index contributed by atoms with van der Waals surface area (Å²) >= 11 is 0. The van der Waals surface area contributed by atoms with Crippen molar-refractivity contribution >= 4 is 52.5 Å². The number of benzene rings is 2. The first-order valence-electron chi connectivity index (χ1n) is 21.2. The van der Waals surface area contributed by atoms with Gasteiger partial charge in [0, 0.05) is 63.0 Å². The molecule has 3 aromatic rings. The average molecular weight is 792 g/mol. The Bertz CT molecular complexity index is 1990. The van der Waals surface area contributed by atoms with Crippen LogP contribution in [0.2, 0.25) is 0 Å². The van der Waals surface area contributed by atoms with Crippen molar-refractivity contribution < 1.29 is 23.9 Å². The highest BCUT2D eigenvalue weighted by molar-refractivity contribution is 6.04. The molecular formula is C44H57N9O5. The van der Waals surface area contributed by atoms with Crippen LogP contribution >= 0.6 is 0 Å². The fraction of sp³-hybridized carbons (Fsp3) is 0.545. The number of rotatable bonds is 11. The van der Waals surface area contributed by atoms with Gasteiger partial charge in [0.2, 0.25) is 23.7 Å². The van der Waals surface area contributed by atoms with Gasteiger partial charge in [-0.25, -0.2) is 4.98 Å². The largest absolute Gasteiger partial charge is 0.495 e. The maximum atomic E-state index is 13.4. The Morgan fingerprint density at radius 3 is 2.38 bits per heavy atom. The summed E-state index contributed by atoms with van der Waals surface area (Å²) in [6, 6.07) is 13.8. The van der Waals surface area contributed by atoms with Crippen LogP contribution in [-0.2, 0) is 14.4 Å². The second-order valence-electron chi connectivity index (χ2n) is 16.8. The number of carbonyl (C=O) groups excluding carboxylic acids is 4. The number of likely N-dealkylation sites (N-methyl/N-ethyl adjacent to an activating group) is 1. The van der Waals surface area contributed by atoms with Gasteiger partial charge >= 0.3 is 0 Å². The lowest BCUT2D eigenvalue weighted by atomic mass is 9.90. The first-order valence-corrected chi connectivity index (χ1v) is 21.2. The molecule has 4 fully saturated rings. The standard InChI is InChI=1S/C44H57N9O5/c1-28-43(57)50(2)37-27-45-44(49-40(37)53(28)34-6-4-5-7-34)47-36-14-10-31(26-38(36)58-3)41(55)46-32-19-22-51(23-20-32)21-16-29-17-24-52(25-18-29)33-11-8-30(9-12-33)35-13-15-39(54)48-42(35)56/h8-12,14,26-29,32,34-35H,4-7,13,15-25H2,1-3H3,(H,46,55)(H,45,47,49)(H,48,54,56)/t28-,35?/m1/s1. The Balaban J connectivity index is 0.786. The van der Waals surface area contributed by atoms with E-state index in [1.165, 1.54) is 12.1 Å². The number of nitrogens with zero attached hydrogens (tertiary/aromatic N) is 6. The van der Waals surface area contributed by atoms with E-state index in [2.05, 4.69) is 47.8 Å². The smallest absolute Gasteiger partial charge is 0.251 e. The number of ether oxygens (including phenoxy) is 1. The van der Waals surface area contributed by atoms with E-state index < -0.39 is 0 Å². The molecule has 14 heteroatoms. The summed E-state index contributed by atoms with van der Waals surface area (Å²) < 4.78 is 5.72. The number of likely N-dealkylation sites (tertiary alicyclic amines) is 1. The molecule has 58 heavy (non-hydrogen) atoms. The number of imide groups is 1. The van der Waals surface area contributed by atoms with Gasteiger partial charge in [-0.15, -0.1) is 0 Å². The van der Waals surface area contributed by atoms with Gasteiger partial charge in [0.25, 0.3) is 5.91 Å². The molecule has 14 nitrogen and oxygen atoms in total. The molecule has 2 aromatic carbocycles. The number of hydrogen-bond acceptors (Lipinski definition) is 11. The Labute approximate surface area is 341 Å². The molecule has 3 N–H and O–H groups in total.